The Kier molecular flexibility index (Phi) is 7.62. The van der Waals surface area contributed by atoms with E-state index in [0.29, 0.717) is 5.56 Å². The Hall–Kier alpha value is -4.21. The van der Waals surface area contributed by atoms with Gasteiger partial charge in [0.15, 0.2) is 5.69 Å². The van der Waals surface area contributed by atoms with Crippen LogP contribution in [0.2, 0.25) is 0 Å². The van der Waals surface area contributed by atoms with Gasteiger partial charge in [-0.05, 0) is 60.7 Å². The van der Waals surface area contributed by atoms with Gasteiger partial charge in [0.25, 0.3) is 5.91 Å². The monoisotopic (exact) mass is 495 g/mol. The smallest absolute Gasteiger partial charge is 0.416 e. The summed E-state index contributed by atoms with van der Waals surface area (Å²) in [6, 6.07) is 12.5. The fourth-order valence-corrected chi connectivity index (χ4v) is 3.54. The van der Waals surface area contributed by atoms with Gasteiger partial charge in [-0.25, -0.2) is 4.98 Å². The molecule has 186 valence electrons. The van der Waals surface area contributed by atoms with E-state index in [1.54, 1.807) is 19.3 Å². The van der Waals surface area contributed by atoms with Gasteiger partial charge in [-0.15, -0.1) is 5.10 Å². The van der Waals surface area contributed by atoms with Crippen LogP contribution in [0.3, 0.4) is 0 Å². The van der Waals surface area contributed by atoms with Crippen LogP contribution >= 0.6 is 0 Å². The van der Waals surface area contributed by atoms with Gasteiger partial charge in [-0.1, -0.05) is 29.5 Å². The summed E-state index contributed by atoms with van der Waals surface area (Å²) in [7, 11) is 1.65. The molecule has 0 spiro atoms. The summed E-state index contributed by atoms with van der Waals surface area (Å²) in [5, 5.41) is 7.74. The van der Waals surface area contributed by atoms with Crippen LogP contribution in [0.25, 0.3) is 12.2 Å². The van der Waals surface area contributed by atoms with Crippen molar-refractivity contribution in [2.45, 2.75) is 32.0 Å². The highest BCUT2D eigenvalue weighted by molar-refractivity contribution is 6.04. The largest absolute Gasteiger partial charge is 0.444 e. The molecule has 0 fully saturated rings. The van der Waals surface area contributed by atoms with Crippen molar-refractivity contribution >= 4 is 23.7 Å². The number of rotatable bonds is 9. The second kappa shape index (κ2) is 11.0. The first-order valence-electron chi connectivity index (χ1n) is 11.3. The van der Waals surface area contributed by atoms with Crippen LogP contribution in [0, 0.1) is 0 Å². The van der Waals surface area contributed by atoms with E-state index >= 15 is 0 Å². The summed E-state index contributed by atoms with van der Waals surface area (Å²) in [6.45, 7) is 0.828. The SMILES string of the molecule is CN(C(=O)c1coc(C=Cc2ccc(C(F)(F)F)cc2)n1)c1ccc(CCCCn2ccnn2)cc1. The highest BCUT2D eigenvalue weighted by atomic mass is 19.4. The summed E-state index contributed by atoms with van der Waals surface area (Å²) in [4.78, 5) is 18.5. The number of nitrogens with zero attached hydrogens (tertiary/aromatic N) is 5. The molecule has 2 aromatic heterocycles. The minimum atomic E-state index is -4.38. The van der Waals surface area contributed by atoms with Crippen molar-refractivity contribution in [3.05, 3.63) is 95.5 Å². The number of carbonyl (C=O) groups is 1. The van der Waals surface area contributed by atoms with E-state index in [9.17, 15) is 18.0 Å². The topological polar surface area (TPSA) is 77.0 Å². The third-order valence-electron chi connectivity index (χ3n) is 5.60. The number of alkyl halides is 3. The number of aryl methyl sites for hydroxylation is 2. The first kappa shape index (κ1) is 24.9. The van der Waals surface area contributed by atoms with Crippen molar-refractivity contribution in [2.75, 3.05) is 11.9 Å². The molecule has 1 amide bonds. The fourth-order valence-electron chi connectivity index (χ4n) is 3.54. The van der Waals surface area contributed by atoms with E-state index in [4.69, 9.17) is 4.42 Å². The molecule has 0 saturated carbocycles. The first-order valence-corrected chi connectivity index (χ1v) is 11.3. The van der Waals surface area contributed by atoms with Crippen molar-refractivity contribution in [3.8, 4) is 0 Å². The third kappa shape index (κ3) is 6.47. The first-order chi connectivity index (χ1) is 17.3. The second-order valence-corrected chi connectivity index (χ2v) is 8.18. The van der Waals surface area contributed by atoms with E-state index in [1.165, 1.54) is 34.9 Å². The Balaban J connectivity index is 1.30. The second-order valence-electron chi connectivity index (χ2n) is 8.18. The average molecular weight is 496 g/mol. The molecule has 4 aromatic rings. The van der Waals surface area contributed by atoms with E-state index < -0.39 is 11.7 Å². The highest BCUT2D eigenvalue weighted by Gasteiger charge is 2.29. The van der Waals surface area contributed by atoms with Gasteiger partial charge in [0.2, 0.25) is 5.89 Å². The molecule has 2 aromatic carbocycles. The molecule has 0 aliphatic carbocycles. The average Bonchev–Trinajstić information content (AvgIpc) is 3.57. The molecule has 0 bridgehead atoms. The molecule has 0 radical (unpaired) electrons. The third-order valence-corrected chi connectivity index (χ3v) is 5.60. The van der Waals surface area contributed by atoms with Crippen molar-refractivity contribution < 1.29 is 22.4 Å². The van der Waals surface area contributed by atoms with Gasteiger partial charge in [0.05, 0.1) is 11.8 Å². The van der Waals surface area contributed by atoms with E-state index in [2.05, 4.69) is 15.3 Å². The standard InChI is InChI=1S/C26H24F3N5O2/c1-33(22-12-7-19(8-13-22)4-2-3-16-34-17-15-30-32-34)25(35)23-18-36-24(31-23)14-9-20-5-10-21(11-6-20)26(27,28)29/h5-15,17-18H,2-4,16H2,1H3. The number of benzene rings is 2. The van der Waals surface area contributed by atoms with Crippen LogP contribution in [-0.2, 0) is 19.1 Å². The predicted molar refractivity (Wildman–Crippen MR) is 129 cm³/mol. The quantitative estimate of drug-likeness (QED) is 0.276. The Morgan fingerprint density at radius 3 is 2.47 bits per heavy atom. The molecule has 4 rings (SSSR count). The van der Waals surface area contributed by atoms with Crippen LogP contribution in [-0.4, -0.2) is 32.9 Å². The van der Waals surface area contributed by atoms with E-state index in [0.717, 1.165) is 43.6 Å². The maximum absolute atomic E-state index is 12.8. The highest BCUT2D eigenvalue weighted by Crippen LogP contribution is 2.29. The molecule has 0 N–H and O–H groups in total. The number of amides is 1. The number of anilines is 1. The molecule has 10 heteroatoms. The summed E-state index contributed by atoms with van der Waals surface area (Å²) in [5.41, 5.74) is 1.85. The number of aromatic nitrogens is 4. The zero-order valence-corrected chi connectivity index (χ0v) is 19.5. The summed E-state index contributed by atoms with van der Waals surface area (Å²) in [5.74, 6) is -0.165. The number of unbranched alkanes of at least 4 members (excludes halogenated alkanes) is 1. The molecular weight excluding hydrogens is 471 g/mol. The van der Waals surface area contributed by atoms with Gasteiger partial charge < -0.3 is 9.32 Å². The van der Waals surface area contributed by atoms with Crippen LogP contribution in [0.15, 0.2) is 71.6 Å². The number of halogens is 3. The van der Waals surface area contributed by atoms with Gasteiger partial charge in [0, 0.05) is 31.6 Å². The maximum Gasteiger partial charge on any atom is 0.416 e. The van der Waals surface area contributed by atoms with Crippen LogP contribution in [0.1, 0.15) is 45.9 Å². The predicted octanol–water partition coefficient (Wildman–Crippen LogP) is 5.75. The fraction of sp³-hybridized carbons (Fsp3) is 0.231. The Morgan fingerprint density at radius 1 is 1.06 bits per heavy atom. The molecule has 0 saturated heterocycles. The minimum Gasteiger partial charge on any atom is -0.444 e. The number of hydrogen-bond donors (Lipinski definition) is 0. The van der Waals surface area contributed by atoms with Crippen LogP contribution in [0.4, 0.5) is 18.9 Å². The summed E-state index contributed by atoms with van der Waals surface area (Å²) >= 11 is 0. The molecule has 2 heterocycles. The number of hydrogen-bond acceptors (Lipinski definition) is 5. The molecule has 7 nitrogen and oxygen atoms in total. The zero-order chi connectivity index (χ0) is 25.5. The van der Waals surface area contributed by atoms with Crippen molar-refractivity contribution in [3.63, 3.8) is 0 Å². The molecule has 0 atom stereocenters. The van der Waals surface area contributed by atoms with Crippen LogP contribution < -0.4 is 4.90 Å². The van der Waals surface area contributed by atoms with Gasteiger partial charge in [-0.2, -0.15) is 13.2 Å². The van der Waals surface area contributed by atoms with Crippen molar-refractivity contribution in [1.82, 2.24) is 20.0 Å². The Bertz CT molecular complexity index is 1290. The molecule has 36 heavy (non-hydrogen) atoms. The van der Waals surface area contributed by atoms with Gasteiger partial charge in [-0.3, -0.25) is 9.48 Å². The lowest BCUT2D eigenvalue weighted by Crippen LogP contribution is -2.26. The molecule has 0 aliphatic heterocycles. The number of oxazole rings is 1. The minimum absolute atomic E-state index is 0.127. The maximum atomic E-state index is 12.8. The lowest BCUT2D eigenvalue weighted by molar-refractivity contribution is -0.137. The zero-order valence-electron chi connectivity index (χ0n) is 19.5. The number of carbonyl (C=O) groups excluding carboxylic acids is 1. The normalized spacial score (nSPS) is 11.8. The molecule has 0 aliphatic rings. The van der Waals surface area contributed by atoms with Crippen molar-refractivity contribution in [2.24, 2.45) is 0 Å². The summed E-state index contributed by atoms with van der Waals surface area (Å²) < 4.78 is 45.2. The lowest BCUT2D eigenvalue weighted by atomic mass is 10.1. The van der Waals surface area contributed by atoms with E-state index in [1.807, 2.05) is 35.1 Å². The van der Waals surface area contributed by atoms with Gasteiger partial charge in [0.1, 0.15) is 6.26 Å². The van der Waals surface area contributed by atoms with Crippen LogP contribution in [0.5, 0.6) is 0 Å². The van der Waals surface area contributed by atoms with Gasteiger partial charge >= 0.3 is 6.18 Å². The molecular formula is C26H24F3N5O2. The lowest BCUT2D eigenvalue weighted by Gasteiger charge is -2.16. The molecule has 0 unspecified atom stereocenters. The van der Waals surface area contributed by atoms with E-state index in [-0.39, 0.29) is 17.5 Å². The van der Waals surface area contributed by atoms with Crippen molar-refractivity contribution in [1.29, 1.82) is 0 Å². The Morgan fingerprint density at radius 2 is 1.81 bits per heavy atom. The summed E-state index contributed by atoms with van der Waals surface area (Å²) in [6.07, 6.45) is 6.36. The Labute approximate surface area is 205 Å².